The number of rotatable bonds is 10. The number of nitrogens with zero attached hydrogens (tertiary/aromatic N) is 1. The lowest BCUT2D eigenvalue weighted by molar-refractivity contribution is -0.128. The molecule has 0 saturated carbocycles. The zero-order chi connectivity index (χ0) is 15.5. The zero-order valence-corrected chi connectivity index (χ0v) is 13.2. The molecule has 5 heteroatoms. The van der Waals surface area contributed by atoms with Crippen molar-refractivity contribution in [3.63, 3.8) is 0 Å². The maximum absolute atomic E-state index is 11.9. The lowest BCUT2D eigenvalue weighted by Crippen LogP contribution is -2.35. The van der Waals surface area contributed by atoms with Crippen molar-refractivity contribution in [2.45, 2.75) is 20.8 Å². The third-order valence-corrected chi connectivity index (χ3v) is 3.09. The lowest BCUT2D eigenvalue weighted by Gasteiger charge is -2.19. The number of nitrogens with one attached hydrogen (secondary N) is 1. The number of likely N-dealkylation sites (N-methyl/N-ethyl adjacent to an activating group) is 1. The Balaban J connectivity index is 2.43. The van der Waals surface area contributed by atoms with E-state index in [0.717, 1.165) is 24.5 Å². The Kier molecular flexibility index (Phi) is 8.28. The molecule has 21 heavy (non-hydrogen) atoms. The standard InChI is InChI=1S/C16H26N2O3/c1-4-18(5-2)16(19)13-17-14-8-7-9-15(12-14)21-11-10-20-6-3/h7-9,12,17H,4-6,10-11,13H2,1-3H3. The summed E-state index contributed by atoms with van der Waals surface area (Å²) < 4.78 is 10.8. The van der Waals surface area contributed by atoms with Crippen LogP contribution in [0.4, 0.5) is 5.69 Å². The van der Waals surface area contributed by atoms with Gasteiger partial charge in [0.25, 0.3) is 0 Å². The van der Waals surface area contributed by atoms with Gasteiger partial charge in [-0.1, -0.05) is 6.07 Å². The minimum absolute atomic E-state index is 0.0997. The van der Waals surface area contributed by atoms with Gasteiger partial charge in [-0.15, -0.1) is 0 Å². The smallest absolute Gasteiger partial charge is 0.241 e. The molecule has 0 saturated heterocycles. The van der Waals surface area contributed by atoms with Crippen molar-refractivity contribution >= 4 is 11.6 Å². The molecule has 0 spiro atoms. The van der Waals surface area contributed by atoms with Crippen LogP contribution in [0.1, 0.15) is 20.8 Å². The van der Waals surface area contributed by atoms with E-state index in [1.54, 1.807) is 4.90 Å². The van der Waals surface area contributed by atoms with Gasteiger partial charge in [0.1, 0.15) is 12.4 Å². The van der Waals surface area contributed by atoms with Crippen LogP contribution in [-0.2, 0) is 9.53 Å². The molecule has 1 rings (SSSR count). The second-order valence-electron chi connectivity index (χ2n) is 4.49. The molecule has 0 fully saturated rings. The van der Waals surface area contributed by atoms with Crippen LogP contribution in [0.25, 0.3) is 0 Å². The summed E-state index contributed by atoms with van der Waals surface area (Å²) in [5.74, 6) is 0.873. The molecule has 1 amide bonds. The van der Waals surface area contributed by atoms with Crippen LogP contribution in [0.5, 0.6) is 5.75 Å². The van der Waals surface area contributed by atoms with E-state index >= 15 is 0 Å². The molecule has 118 valence electrons. The van der Waals surface area contributed by atoms with Crippen molar-refractivity contribution < 1.29 is 14.3 Å². The SMILES string of the molecule is CCOCCOc1cccc(NCC(=O)N(CC)CC)c1. The first-order valence-corrected chi connectivity index (χ1v) is 7.53. The summed E-state index contributed by atoms with van der Waals surface area (Å²) in [7, 11) is 0. The highest BCUT2D eigenvalue weighted by Crippen LogP contribution is 2.17. The predicted octanol–water partition coefficient (Wildman–Crippen LogP) is 2.38. The molecule has 0 aromatic heterocycles. The number of carbonyl (C=O) groups is 1. The van der Waals surface area contributed by atoms with Crippen LogP contribution < -0.4 is 10.1 Å². The fraction of sp³-hybridized carbons (Fsp3) is 0.562. The van der Waals surface area contributed by atoms with E-state index in [2.05, 4.69) is 5.32 Å². The molecule has 0 heterocycles. The van der Waals surface area contributed by atoms with Gasteiger partial charge in [0, 0.05) is 31.5 Å². The van der Waals surface area contributed by atoms with Crippen molar-refractivity contribution in [2.75, 3.05) is 44.8 Å². The van der Waals surface area contributed by atoms with Gasteiger partial charge >= 0.3 is 0 Å². The van der Waals surface area contributed by atoms with E-state index in [1.165, 1.54) is 0 Å². The number of anilines is 1. The van der Waals surface area contributed by atoms with Crippen molar-refractivity contribution in [3.8, 4) is 5.75 Å². The summed E-state index contributed by atoms with van der Waals surface area (Å²) >= 11 is 0. The van der Waals surface area contributed by atoms with Gasteiger partial charge in [-0.05, 0) is 32.9 Å². The normalized spacial score (nSPS) is 10.2. The number of hydrogen-bond acceptors (Lipinski definition) is 4. The number of benzene rings is 1. The highest BCUT2D eigenvalue weighted by Gasteiger charge is 2.08. The molecule has 0 aliphatic carbocycles. The van der Waals surface area contributed by atoms with Crippen molar-refractivity contribution in [1.29, 1.82) is 0 Å². The highest BCUT2D eigenvalue weighted by atomic mass is 16.5. The fourth-order valence-electron chi connectivity index (χ4n) is 1.92. The number of ether oxygens (including phenoxy) is 2. The quantitative estimate of drug-likeness (QED) is 0.673. The molecular weight excluding hydrogens is 268 g/mol. The van der Waals surface area contributed by atoms with Crippen molar-refractivity contribution in [1.82, 2.24) is 4.90 Å². The average Bonchev–Trinajstić information content (AvgIpc) is 2.51. The van der Waals surface area contributed by atoms with Crippen LogP contribution in [0.3, 0.4) is 0 Å². The van der Waals surface area contributed by atoms with Gasteiger partial charge in [-0.25, -0.2) is 0 Å². The van der Waals surface area contributed by atoms with E-state index in [1.807, 2.05) is 45.0 Å². The van der Waals surface area contributed by atoms with Crippen LogP contribution in [0, 0.1) is 0 Å². The molecule has 0 aliphatic rings. The second-order valence-corrected chi connectivity index (χ2v) is 4.49. The monoisotopic (exact) mass is 294 g/mol. The summed E-state index contributed by atoms with van der Waals surface area (Å²) in [6.45, 7) is 9.47. The van der Waals surface area contributed by atoms with Crippen molar-refractivity contribution in [3.05, 3.63) is 24.3 Å². The Morgan fingerprint density at radius 1 is 1.19 bits per heavy atom. The summed E-state index contributed by atoms with van der Waals surface area (Å²) in [6.07, 6.45) is 0. The highest BCUT2D eigenvalue weighted by molar-refractivity contribution is 5.80. The molecule has 0 atom stereocenters. The Bertz CT molecular complexity index is 420. The van der Waals surface area contributed by atoms with Crippen LogP contribution >= 0.6 is 0 Å². The Labute approximate surface area is 127 Å². The number of amides is 1. The third kappa shape index (κ3) is 6.49. The molecule has 0 bridgehead atoms. The van der Waals surface area contributed by atoms with Crippen LogP contribution in [0.2, 0.25) is 0 Å². The van der Waals surface area contributed by atoms with E-state index < -0.39 is 0 Å². The van der Waals surface area contributed by atoms with Gasteiger partial charge < -0.3 is 19.7 Å². The third-order valence-electron chi connectivity index (χ3n) is 3.09. The fourth-order valence-corrected chi connectivity index (χ4v) is 1.92. The average molecular weight is 294 g/mol. The summed E-state index contributed by atoms with van der Waals surface area (Å²) in [5, 5.41) is 3.13. The maximum Gasteiger partial charge on any atom is 0.241 e. The largest absolute Gasteiger partial charge is 0.491 e. The van der Waals surface area contributed by atoms with Gasteiger partial charge in [-0.2, -0.15) is 0 Å². The molecule has 0 aliphatic heterocycles. The Morgan fingerprint density at radius 3 is 2.62 bits per heavy atom. The second kappa shape index (κ2) is 10.0. The molecule has 1 aromatic rings. The van der Waals surface area contributed by atoms with Gasteiger partial charge in [0.2, 0.25) is 5.91 Å². The number of carbonyl (C=O) groups excluding carboxylic acids is 1. The molecule has 1 N–H and O–H groups in total. The predicted molar refractivity (Wildman–Crippen MR) is 84.8 cm³/mol. The number of hydrogen-bond donors (Lipinski definition) is 1. The Hall–Kier alpha value is -1.75. The lowest BCUT2D eigenvalue weighted by atomic mass is 10.3. The minimum atomic E-state index is 0.0997. The molecule has 0 radical (unpaired) electrons. The minimum Gasteiger partial charge on any atom is -0.491 e. The first-order chi connectivity index (χ1) is 10.2. The molecule has 0 unspecified atom stereocenters. The van der Waals surface area contributed by atoms with Gasteiger partial charge in [0.05, 0.1) is 13.2 Å². The van der Waals surface area contributed by atoms with Crippen LogP contribution in [-0.4, -0.2) is 50.3 Å². The zero-order valence-electron chi connectivity index (χ0n) is 13.2. The van der Waals surface area contributed by atoms with E-state index in [-0.39, 0.29) is 5.91 Å². The molecule has 5 nitrogen and oxygen atoms in total. The molecular formula is C16H26N2O3. The topological polar surface area (TPSA) is 50.8 Å². The Morgan fingerprint density at radius 2 is 1.95 bits per heavy atom. The van der Waals surface area contributed by atoms with Crippen molar-refractivity contribution in [2.24, 2.45) is 0 Å². The van der Waals surface area contributed by atoms with E-state index in [0.29, 0.717) is 26.4 Å². The van der Waals surface area contributed by atoms with E-state index in [9.17, 15) is 4.79 Å². The first kappa shape index (κ1) is 17.3. The molecule has 1 aromatic carbocycles. The van der Waals surface area contributed by atoms with E-state index in [4.69, 9.17) is 9.47 Å². The summed E-state index contributed by atoms with van der Waals surface area (Å²) in [5.41, 5.74) is 0.879. The maximum atomic E-state index is 11.9. The van der Waals surface area contributed by atoms with Gasteiger partial charge in [-0.3, -0.25) is 4.79 Å². The van der Waals surface area contributed by atoms with Gasteiger partial charge in [0.15, 0.2) is 0 Å². The van der Waals surface area contributed by atoms with Crippen LogP contribution in [0.15, 0.2) is 24.3 Å². The summed E-state index contributed by atoms with van der Waals surface area (Å²) in [4.78, 5) is 13.7. The first-order valence-electron chi connectivity index (χ1n) is 7.53. The summed E-state index contributed by atoms with van der Waals surface area (Å²) in [6, 6.07) is 7.61.